The first-order valence-corrected chi connectivity index (χ1v) is 11.5. The molecule has 9 heteroatoms. The fraction of sp³-hybridized carbons (Fsp3) is 0.455. The van der Waals surface area contributed by atoms with Crippen LogP contribution in [0.5, 0.6) is 0 Å². The Morgan fingerprint density at radius 3 is 2.45 bits per heavy atom. The molecule has 5 rings (SSSR count). The second-order valence-corrected chi connectivity index (χ2v) is 9.41. The van der Waals surface area contributed by atoms with E-state index in [4.69, 9.17) is 5.73 Å². The van der Waals surface area contributed by atoms with Crippen LogP contribution in [0.2, 0.25) is 0 Å². The lowest BCUT2D eigenvalue weighted by Crippen LogP contribution is -2.47. The van der Waals surface area contributed by atoms with Crippen molar-refractivity contribution in [2.45, 2.75) is 25.7 Å². The SMILES string of the molecule is NC(=O)C1CCN(C(=O)C2CCN(c3ncnc4c3sc3cccc(F)c34)CC2)CC1. The zero-order chi connectivity index (χ0) is 21.5. The Bertz CT molecular complexity index is 1150. The van der Waals surface area contributed by atoms with E-state index < -0.39 is 0 Å². The smallest absolute Gasteiger partial charge is 0.225 e. The molecular weight excluding hydrogens is 417 g/mol. The van der Waals surface area contributed by atoms with E-state index in [0.717, 1.165) is 41.1 Å². The number of likely N-dealkylation sites (tertiary alicyclic amines) is 1. The summed E-state index contributed by atoms with van der Waals surface area (Å²) in [6.45, 7) is 2.65. The summed E-state index contributed by atoms with van der Waals surface area (Å²) in [6, 6.07) is 5.07. The van der Waals surface area contributed by atoms with Gasteiger partial charge in [-0.25, -0.2) is 14.4 Å². The standard InChI is InChI=1S/C22H24FN5O2S/c23-15-2-1-3-16-17(15)18-19(31-16)21(26-12-25-18)27-8-6-14(7-9-27)22(30)28-10-4-13(5-11-28)20(24)29/h1-3,12-14H,4-11H2,(H2,24,29). The normalized spacial score (nSPS) is 18.7. The summed E-state index contributed by atoms with van der Waals surface area (Å²) in [5.74, 6) is 0.337. The first-order valence-electron chi connectivity index (χ1n) is 10.7. The van der Waals surface area contributed by atoms with Crippen LogP contribution in [-0.4, -0.2) is 52.9 Å². The van der Waals surface area contributed by atoms with E-state index in [-0.39, 0.29) is 29.5 Å². The number of nitrogens with two attached hydrogens (primary N) is 1. The highest BCUT2D eigenvalue weighted by atomic mass is 32.1. The molecule has 2 saturated heterocycles. The maximum Gasteiger partial charge on any atom is 0.225 e. The van der Waals surface area contributed by atoms with Gasteiger partial charge in [0, 0.05) is 42.7 Å². The van der Waals surface area contributed by atoms with Crippen LogP contribution in [0.3, 0.4) is 0 Å². The number of carbonyl (C=O) groups excluding carboxylic acids is 2. The molecule has 2 amide bonds. The van der Waals surface area contributed by atoms with Crippen molar-refractivity contribution in [3.8, 4) is 0 Å². The van der Waals surface area contributed by atoms with Crippen LogP contribution >= 0.6 is 11.3 Å². The maximum absolute atomic E-state index is 14.4. The molecule has 0 radical (unpaired) electrons. The Morgan fingerprint density at radius 1 is 1.03 bits per heavy atom. The Morgan fingerprint density at radius 2 is 1.74 bits per heavy atom. The number of piperidine rings is 2. The molecule has 2 aromatic heterocycles. The van der Waals surface area contributed by atoms with Gasteiger partial charge < -0.3 is 15.5 Å². The number of hydrogen-bond donors (Lipinski definition) is 1. The number of hydrogen-bond acceptors (Lipinski definition) is 6. The summed E-state index contributed by atoms with van der Waals surface area (Å²) in [6.07, 6.45) is 4.30. The van der Waals surface area contributed by atoms with Crippen molar-refractivity contribution in [3.05, 3.63) is 30.3 Å². The Kier molecular flexibility index (Phi) is 5.21. The van der Waals surface area contributed by atoms with Gasteiger partial charge in [0.15, 0.2) is 0 Å². The van der Waals surface area contributed by atoms with Crippen LogP contribution in [0.15, 0.2) is 24.5 Å². The number of rotatable bonds is 3. The molecule has 0 unspecified atom stereocenters. The van der Waals surface area contributed by atoms with E-state index in [1.807, 2.05) is 11.0 Å². The summed E-state index contributed by atoms with van der Waals surface area (Å²) in [5, 5.41) is 0.551. The van der Waals surface area contributed by atoms with E-state index in [1.54, 1.807) is 6.07 Å². The molecule has 2 aliphatic heterocycles. The number of carbonyl (C=O) groups is 2. The number of amides is 2. The second-order valence-electron chi connectivity index (χ2n) is 8.35. The predicted molar refractivity (Wildman–Crippen MR) is 118 cm³/mol. The van der Waals surface area contributed by atoms with Crippen molar-refractivity contribution < 1.29 is 14.0 Å². The molecule has 1 aromatic carbocycles. The number of fused-ring (bicyclic) bond motifs is 3. The van der Waals surface area contributed by atoms with Crippen molar-refractivity contribution in [2.24, 2.45) is 17.6 Å². The summed E-state index contributed by atoms with van der Waals surface area (Å²) in [7, 11) is 0. The zero-order valence-corrected chi connectivity index (χ0v) is 17.9. The largest absolute Gasteiger partial charge is 0.369 e. The molecule has 31 heavy (non-hydrogen) atoms. The summed E-state index contributed by atoms with van der Waals surface area (Å²) >= 11 is 1.51. The number of thiophene rings is 1. The van der Waals surface area contributed by atoms with Crippen LogP contribution in [0, 0.1) is 17.7 Å². The van der Waals surface area contributed by atoms with E-state index in [2.05, 4.69) is 14.9 Å². The van der Waals surface area contributed by atoms with Crippen molar-refractivity contribution in [1.29, 1.82) is 0 Å². The van der Waals surface area contributed by atoms with Gasteiger partial charge in [0.1, 0.15) is 18.0 Å². The highest BCUT2D eigenvalue weighted by Crippen LogP contribution is 2.39. The van der Waals surface area contributed by atoms with E-state index in [9.17, 15) is 14.0 Å². The molecule has 0 atom stereocenters. The van der Waals surface area contributed by atoms with Crippen molar-refractivity contribution >= 4 is 49.3 Å². The third-order valence-electron chi connectivity index (χ3n) is 6.56. The molecule has 0 bridgehead atoms. The minimum absolute atomic E-state index is 0.0152. The molecule has 3 aromatic rings. The highest BCUT2D eigenvalue weighted by molar-refractivity contribution is 7.26. The molecule has 0 aliphatic carbocycles. The molecule has 162 valence electrons. The van der Waals surface area contributed by atoms with Gasteiger partial charge in [0.2, 0.25) is 11.8 Å². The minimum Gasteiger partial charge on any atom is -0.369 e. The molecular formula is C22H24FN5O2S. The molecule has 0 saturated carbocycles. The fourth-order valence-electron chi connectivity index (χ4n) is 4.77. The molecule has 2 aliphatic rings. The van der Waals surface area contributed by atoms with Gasteiger partial charge in [-0.2, -0.15) is 0 Å². The third kappa shape index (κ3) is 3.60. The van der Waals surface area contributed by atoms with Gasteiger partial charge >= 0.3 is 0 Å². The maximum atomic E-state index is 14.4. The van der Waals surface area contributed by atoms with Crippen molar-refractivity contribution in [1.82, 2.24) is 14.9 Å². The zero-order valence-electron chi connectivity index (χ0n) is 17.1. The number of nitrogens with zero attached hydrogens (tertiary/aromatic N) is 4. The van der Waals surface area contributed by atoms with Gasteiger partial charge in [-0.3, -0.25) is 9.59 Å². The fourth-order valence-corrected chi connectivity index (χ4v) is 5.96. The van der Waals surface area contributed by atoms with Gasteiger partial charge in [0.25, 0.3) is 0 Å². The van der Waals surface area contributed by atoms with Gasteiger partial charge in [-0.05, 0) is 37.8 Å². The Hall–Kier alpha value is -2.81. The van der Waals surface area contributed by atoms with Crippen LogP contribution in [-0.2, 0) is 9.59 Å². The van der Waals surface area contributed by atoms with Crippen molar-refractivity contribution in [3.63, 3.8) is 0 Å². The average Bonchev–Trinajstić information content (AvgIpc) is 3.19. The number of aromatic nitrogens is 2. The van der Waals surface area contributed by atoms with Gasteiger partial charge in [-0.15, -0.1) is 11.3 Å². The molecule has 2 N–H and O–H groups in total. The summed E-state index contributed by atoms with van der Waals surface area (Å²) in [4.78, 5) is 37.2. The minimum atomic E-state index is -0.266. The van der Waals surface area contributed by atoms with Crippen LogP contribution in [0.1, 0.15) is 25.7 Å². The molecule has 7 nitrogen and oxygen atoms in total. The van der Waals surface area contributed by atoms with E-state index in [1.165, 1.54) is 23.7 Å². The van der Waals surface area contributed by atoms with Crippen LogP contribution < -0.4 is 10.6 Å². The topological polar surface area (TPSA) is 92.4 Å². The summed E-state index contributed by atoms with van der Waals surface area (Å²) < 4.78 is 16.1. The Labute approximate surface area is 183 Å². The Balaban J connectivity index is 1.29. The average molecular weight is 442 g/mol. The monoisotopic (exact) mass is 441 g/mol. The van der Waals surface area contributed by atoms with Gasteiger partial charge in [-0.1, -0.05) is 6.07 Å². The lowest BCUT2D eigenvalue weighted by molar-refractivity contribution is -0.139. The van der Waals surface area contributed by atoms with E-state index in [0.29, 0.717) is 36.8 Å². The van der Waals surface area contributed by atoms with E-state index >= 15 is 0 Å². The molecule has 4 heterocycles. The van der Waals surface area contributed by atoms with Crippen LogP contribution in [0.25, 0.3) is 20.3 Å². The first kappa shape index (κ1) is 20.1. The molecule has 2 fully saturated rings. The number of benzene rings is 1. The first-order chi connectivity index (χ1) is 15.0. The lowest BCUT2D eigenvalue weighted by atomic mass is 9.92. The summed E-state index contributed by atoms with van der Waals surface area (Å²) in [5.41, 5.74) is 6.05. The van der Waals surface area contributed by atoms with Crippen molar-refractivity contribution in [2.75, 3.05) is 31.1 Å². The third-order valence-corrected chi connectivity index (χ3v) is 7.70. The lowest BCUT2D eigenvalue weighted by Gasteiger charge is -2.37. The predicted octanol–water partition coefficient (Wildman–Crippen LogP) is 2.92. The molecule has 0 spiro atoms. The second kappa shape index (κ2) is 8.03. The van der Waals surface area contributed by atoms with Gasteiger partial charge in [0.05, 0.1) is 15.6 Å². The number of primary amides is 1. The number of anilines is 1. The highest BCUT2D eigenvalue weighted by Gasteiger charge is 2.33. The number of halogens is 1. The van der Waals surface area contributed by atoms with Crippen LogP contribution in [0.4, 0.5) is 10.2 Å². The quantitative estimate of drug-likeness (QED) is 0.675.